The van der Waals surface area contributed by atoms with Gasteiger partial charge < -0.3 is 9.47 Å². The minimum absolute atomic E-state index is 0.201. The highest BCUT2D eigenvalue weighted by Crippen LogP contribution is 2.31. The van der Waals surface area contributed by atoms with Crippen LogP contribution in [0.4, 0.5) is 0 Å². The first-order valence-electron chi connectivity index (χ1n) is 14.0. The molecule has 1 atom stereocenters. The van der Waals surface area contributed by atoms with Crippen LogP contribution in [-0.2, 0) is 16.1 Å². The van der Waals surface area contributed by atoms with E-state index in [4.69, 9.17) is 9.47 Å². The van der Waals surface area contributed by atoms with E-state index in [2.05, 4.69) is 29.3 Å². The van der Waals surface area contributed by atoms with Crippen LogP contribution in [0.2, 0.25) is 0 Å². The van der Waals surface area contributed by atoms with Crippen LogP contribution >= 0.6 is 23.1 Å². The average molecular weight is 607 g/mol. The van der Waals surface area contributed by atoms with Gasteiger partial charge in [0.05, 0.1) is 28.5 Å². The van der Waals surface area contributed by atoms with Crippen LogP contribution in [0.5, 0.6) is 5.75 Å². The lowest BCUT2D eigenvalue weighted by Crippen LogP contribution is -2.39. The Hall–Kier alpha value is -4.40. The first kappa shape index (κ1) is 28.7. The van der Waals surface area contributed by atoms with E-state index >= 15 is 0 Å². The van der Waals surface area contributed by atoms with Gasteiger partial charge in [-0.1, -0.05) is 78.1 Å². The summed E-state index contributed by atoms with van der Waals surface area (Å²) >= 11 is 2.95. The number of hydrogen-bond donors (Lipinski definition) is 0. The molecule has 0 N–H and O–H groups in total. The summed E-state index contributed by atoms with van der Waals surface area (Å²) < 4.78 is 13.6. The predicted molar refractivity (Wildman–Crippen MR) is 173 cm³/mol. The van der Waals surface area contributed by atoms with E-state index in [-0.39, 0.29) is 12.2 Å². The number of aromatic nitrogens is 1. The lowest BCUT2D eigenvalue weighted by atomic mass is 9.96. The normalized spacial score (nSPS) is 14.9. The molecular weight excluding hydrogens is 577 g/mol. The molecular formula is C35H30N2O4S2. The highest BCUT2D eigenvalue weighted by Gasteiger charge is 2.33. The number of thiazole rings is 1. The zero-order chi connectivity index (χ0) is 29.9. The zero-order valence-electron chi connectivity index (χ0n) is 24.1. The second-order valence-corrected chi connectivity index (χ2v) is 12.0. The van der Waals surface area contributed by atoms with Gasteiger partial charge in [-0.05, 0) is 77.9 Å². The fourth-order valence-corrected chi connectivity index (χ4v) is 6.74. The van der Waals surface area contributed by atoms with Crippen molar-refractivity contribution in [2.24, 2.45) is 4.99 Å². The molecule has 1 aliphatic heterocycles. The molecule has 0 bridgehead atoms. The molecule has 6 rings (SSSR count). The Morgan fingerprint density at radius 2 is 1.74 bits per heavy atom. The van der Waals surface area contributed by atoms with Crippen LogP contribution in [0, 0.1) is 0 Å². The van der Waals surface area contributed by atoms with Gasteiger partial charge in [0.25, 0.3) is 5.56 Å². The van der Waals surface area contributed by atoms with Gasteiger partial charge in [0.2, 0.25) is 0 Å². The molecule has 0 amide bonds. The Bertz CT molecular complexity index is 2020. The first-order valence-corrected chi connectivity index (χ1v) is 16.0. The fourth-order valence-electron chi connectivity index (χ4n) is 5.28. The standard InChI is InChI=1S/C35H30N2O4S2/c1-4-40-34(39)31-22(2)36-35-37(32(31)25-14-18-28(42-3)19-15-25)33(38)30(43-35)20-23-12-16-27(17-13-23)41-21-26-10-7-9-24-8-5-6-11-29(24)26/h5-20,32H,4,21H2,1-3H3/b30-20-/t32-/m0/s1. The molecule has 1 aliphatic rings. The smallest absolute Gasteiger partial charge is 0.338 e. The van der Waals surface area contributed by atoms with Gasteiger partial charge in [0.15, 0.2) is 4.80 Å². The molecule has 2 heterocycles. The minimum Gasteiger partial charge on any atom is -0.489 e. The molecule has 0 radical (unpaired) electrons. The highest BCUT2D eigenvalue weighted by molar-refractivity contribution is 7.98. The molecule has 8 heteroatoms. The molecule has 0 saturated carbocycles. The van der Waals surface area contributed by atoms with E-state index in [1.165, 1.54) is 22.1 Å². The number of hydrogen-bond acceptors (Lipinski definition) is 7. The lowest BCUT2D eigenvalue weighted by molar-refractivity contribution is -0.139. The molecule has 0 spiro atoms. The number of ether oxygens (including phenoxy) is 2. The molecule has 0 saturated heterocycles. The summed E-state index contributed by atoms with van der Waals surface area (Å²) in [4.78, 5) is 33.3. The van der Waals surface area contributed by atoms with Crippen molar-refractivity contribution in [3.8, 4) is 5.75 Å². The molecule has 0 aliphatic carbocycles. The maximum absolute atomic E-state index is 13.9. The Morgan fingerprint density at radius 1 is 1.00 bits per heavy atom. The third kappa shape index (κ3) is 5.81. The lowest BCUT2D eigenvalue weighted by Gasteiger charge is -2.24. The van der Waals surface area contributed by atoms with Gasteiger partial charge in [-0.2, -0.15) is 0 Å². The number of thioether (sulfide) groups is 1. The van der Waals surface area contributed by atoms with Crippen LogP contribution in [0.3, 0.4) is 0 Å². The molecule has 216 valence electrons. The number of allylic oxidation sites excluding steroid dienone is 1. The Labute approximate surface area is 257 Å². The second kappa shape index (κ2) is 12.5. The summed E-state index contributed by atoms with van der Waals surface area (Å²) in [6.07, 6.45) is 3.87. The van der Waals surface area contributed by atoms with E-state index in [1.54, 1.807) is 30.2 Å². The largest absolute Gasteiger partial charge is 0.489 e. The van der Waals surface area contributed by atoms with Crippen molar-refractivity contribution in [2.75, 3.05) is 12.9 Å². The molecule has 6 nitrogen and oxygen atoms in total. The molecule has 0 fully saturated rings. The molecule has 0 unspecified atom stereocenters. The first-order chi connectivity index (χ1) is 21.0. The van der Waals surface area contributed by atoms with Gasteiger partial charge in [-0.15, -0.1) is 11.8 Å². The number of fused-ring (bicyclic) bond motifs is 2. The van der Waals surface area contributed by atoms with E-state index in [9.17, 15) is 9.59 Å². The fraction of sp³-hybridized carbons (Fsp3) is 0.171. The molecule has 1 aromatic heterocycles. The average Bonchev–Trinajstić information content (AvgIpc) is 3.33. The number of rotatable bonds is 8. The van der Waals surface area contributed by atoms with Crippen molar-refractivity contribution < 1.29 is 14.3 Å². The van der Waals surface area contributed by atoms with Crippen LogP contribution in [-0.4, -0.2) is 23.4 Å². The summed E-state index contributed by atoms with van der Waals surface area (Å²) in [5, 5.41) is 2.36. The quantitative estimate of drug-likeness (QED) is 0.154. The van der Waals surface area contributed by atoms with Gasteiger partial charge in [-0.3, -0.25) is 9.36 Å². The zero-order valence-corrected chi connectivity index (χ0v) is 25.7. The van der Waals surface area contributed by atoms with Gasteiger partial charge in [0.1, 0.15) is 12.4 Å². The van der Waals surface area contributed by atoms with E-state index < -0.39 is 12.0 Å². The van der Waals surface area contributed by atoms with Crippen LogP contribution in [0.15, 0.2) is 117 Å². The number of esters is 1. The SMILES string of the molecule is CCOC(=O)C1=C(C)N=c2s/c(=C\c3ccc(OCc4cccc5ccccc45)cc3)c(=O)n2[C@H]1c1ccc(SC)cc1. The van der Waals surface area contributed by atoms with Crippen LogP contribution in [0.1, 0.15) is 36.6 Å². The van der Waals surface area contributed by atoms with Crippen molar-refractivity contribution in [3.63, 3.8) is 0 Å². The maximum atomic E-state index is 13.9. The summed E-state index contributed by atoms with van der Waals surface area (Å²) in [6, 6.07) is 29.5. The van der Waals surface area contributed by atoms with Gasteiger partial charge in [0, 0.05) is 4.90 Å². The molecule has 4 aromatic carbocycles. The minimum atomic E-state index is -0.627. The van der Waals surface area contributed by atoms with E-state index in [1.807, 2.05) is 79.1 Å². The summed E-state index contributed by atoms with van der Waals surface area (Å²) in [6.45, 7) is 4.26. The van der Waals surface area contributed by atoms with Crippen molar-refractivity contribution >= 4 is 45.9 Å². The van der Waals surface area contributed by atoms with Crippen molar-refractivity contribution in [2.45, 2.75) is 31.4 Å². The Morgan fingerprint density at radius 3 is 2.49 bits per heavy atom. The highest BCUT2D eigenvalue weighted by atomic mass is 32.2. The predicted octanol–water partition coefficient (Wildman–Crippen LogP) is 6.25. The summed E-state index contributed by atoms with van der Waals surface area (Å²) in [5.41, 5.74) is 3.55. The van der Waals surface area contributed by atoms with Gasteiger partial charge in [-0.25, -0.2) is 9.79 Å². The van der Waals surface area contributed by atoms with E-state index in [0.717, 1.165) is 27.3 Å². The summed E-state index contributed by atoms with van der Waals surface area (Å²) in [7, 11) is 0. The topological polar surface area (TPSA) is 69.9 Å². The molecule has 5 aromatic rings. The van der Waals surface area contributed by atoms with Crippen LogP contribution < -0.4 is 19.6 Å². The number of carbonyl (C=O) groups excluding carboxylic acids is 1. The Kier molecular flexibility index (Phi) is 8.31. The maximum Gasteiger partial charge on any atom is 0.338 e. The summed E-state index contributed by atoms with van der Waals surface area (Å²) in [5.74, 6) is 0.283. The van der Waals surface area contributed by atoms with E-state index in [0.29, 0.717) is 27.2 Å². The van der Waals surface area contributed by atoms with Gasteiger partial charge >= 0.3 is 5.97 Å². The monoisotopic (exact) mass is 606 g/mol. The van der Waals surface area contributed by atoms with Crippen molar-refractivity contribution in [1.29, 1.82) is 0 Å². The van der Waals surface area contributed by atoms with Crippen molar-refractivity contribution in [1.82, 2.24) is 4.57 Å². The molecule has 43 heavy (non-hydrogen) atoms. The number of nitrogens with zero attached hydrogens (tertiary/aromatic N) is 2. The Balaban J connectivity index is 1.31. The third-order valence-electron chi connectivity index (χ3n) is 7.40. The second-order valence-electron chi connectivity index (χ2n) is 10.1. The van der Waals surface area contributed by atoms with Crippen molar-refractivity contribution in [3.05, 3.63) is 139 Å². The third-order valence-corrected chi connectivity index (χ3v) is 9.13. The number of benzene rings is 4. The van der Waals surface area contributed by atoms with Crippen LogP contribution in [0.25, 0.3) is 16.8 Å². The number of carbonyl (C=O) groups is 1.